The molecule has 2 nitrogen and oxygen atoms in total. The van der Waals surface area contributed by atoms with Gasteiger partial charge < -0.3 is 5.32 Å². The van der Waals surface area contributed by atoms with E-state index in [-0.39, 0.29) is 0 Å². The second kappa shape index (κ2) is 6.06. The summed E-state index contributed by atoms with van der Waals surface area (Å²) >= 11 is 0. The summed E-state index contributed by atoms with van der Waals surface area (Å²) in [5.41, 5.74) is 4.84. The number of nitrogens with one attached hydrogen (secondary N) is 1. The van der Waals surface area contributed by atoms with E-state index in [4.69, 9.17) is 0 Å². The third-order valence-corrected chi connectivity index (χ3v) is 3.88. The Labute approximate surface area is 125 Å². The van der Waals surface area contributed by atoms with E-state index in [2.05, 4.69) is 72.7 Å². The first kappa shape index (κ1) is 13.8. The first-order valence-corrected chi connectivity index (χ1v) is 7.47. The first-order chi connectivity index (χ1) is 10.3. The minimum Gasteiger partial charge on any atom is -0.310 e. The van der Waals surface area contributed by atoms with Crippen LogP contribution in [0.1, 0.15) is 25.5 Å². The summed E-state index contributed by atoms with van der Waals surface area (Å²) < 4.78 is 0. The van der Waals surface area contributed by atoms with Crippen molar-refractivity contribution in [1.82, 2.24) is 10.3 Å². The van der Waals surface area contributed by atoms with E-state index in [9.17, 15) is 0 Å². The predicted octanol–water partition coefficient (Wildman–Crippen LogP) is 4.57. The fourth-order valence-corrected chi connectivity index (χ4v) is 2.73. The number of nitrogens with zero attached hydrogens (tertiary/aromatic N) is 1. The van der Waals surface area contributed by atoms with E-state index in [0.717, 1.165) is 12.1 Å². The van der Waals surface area contributed by atoms with Gasteiger partial charge in [-0.05, 0) is 42.3 Å². The minimum absolute atomic E-state index is 0.387. The summed E-state index contributed by atoms with van der Waals surface area (Å²) in [6, 6.07) is 19.6. The number of hydrogen-bond donors (Lipinski definition) is 1. The summed E-state index contributed by atoms with van der Waals surface area (Å²) in [5.74, 6) is 0. The van der Waals surface area contributed by atoms with Crippen LogP contribution in [0.5, 0.6) is 0 Å². The smallest absolute Gasteiger partial charge is 0.0708 e. The molecule has 0 saturated carbocycles. The quantitative estimate of drug-likeness (QED) is 0.755. The largest absolute Gasteiger partial charge is 0.310 e. The van der Waals surface area contributed by atoms with Crippen molar-refractivity contribution >= 4 is 10.9 Å². The van der Waals surface area contributed by atoms with Crippen LogP contribution in [0.4, 0.5) is 0 Å². The van der Waals surface area contributed by atoms with Gasteiger partial charge in [-0.15, -0.1) is 0 Å². The molecule has 0 aliphatic carbocycles. The van der Waals surface area contributed by atoms with Gasteiger partial charge in [-0.3, -0.25) is 4.98 Å². The zero-order valence-corrected chi connectivity index (χ0v) is 12.5. The summed E-state index contributed by atoms with van der Waals surface area (Å²) in [5, 5.41) is 4.64. The van der Waals surface area contributed by atoms with Crippen molar-refractivity contribution < 1.29 is 0 Å². The van der Waals surface area contributed by atoms with Gasteiger partial charge in [0.1, 0.15) is 0 Å². The number of aromatic nitrogens is 1. The Bertz CT molecular complexity index is 727. The highest BCUT2D eigenvalue weighted by Gasteiger charge is 2.06. The molecule has 0 saturated heterocycles. The zero-order valence-electron chi connectivity index (χ0n) is 12.5. The van der Waals surface area contributed by atoms with Crippen LogP contribution < -0.4 is 5.32 Å². The number of fused-ring (bicyclic) bond motifs is 1. The number of benzene rings is 2. The third-order valence-electron chi connectivity index (χ3n) is 3.88. The topological polar surface area (TPSA) is 24.9 Å². The summed E-state index contributed by atoms with van der Waals surface area (Å²) in [6.45, 7) is 5.31. The molecule has 0 bridgehead atoms. The second-order valence-corrected chi connectivity index (χ2v) is 5.28. The van der Waals surface area contributed by atoms with Gasteiger partial charge >= 0.3 is 0 Å². The molecule has 0 amide bonds. The Morgan fingerprint density at radius 1 is 1.00 bits per heavy atom. The van der Waals surface area contributed by atoms with Gasteiger partial charge in [0.25, 0.3) is 0 Å². The highest BCUT2D eigenvalue weighted by atomic mass is 14.9. The van der Waals surface area contributed by atoms with Crippen molar-refractivity contribution in [2.75, 3.05) is 6.54 Å². The van der Waals surface area contributed by atoms with E-state index >= 15 is 0 Å². The monoisotopic (exact) mass is 276 g/mol. The van der Waals surface area contributed by atoms with Crippen molar-refractivity contribution in [2.45, 2.75) is 19.9 Å². The van der Waals surface area contributed by atoms with Crippen LogP contribution in [0.25, 0.3) is 22.0 Å². The molecular formula is C19H20N2. The number of rotatable bonds is 4. The Balaban J connectivity index is 2.00. The SMILES string of the molecule is CCNC(C)c1ccc(-c2cccc3ncccc23)cc1. The van der Waals surface area contributed by atoms with Crippen molar-refractivity contribution in [3.05, 3.63) is 66.4 Å². The normalized spacial score (nSPS) is 12.5. The lowest BCUT2D eigenvalue weighted by atomic mass is 9.98. The lowest BCUT2D eigenvalue weighted by molar-refractivity contribution is 0.598. The number of hydrogen-bond acceptors (Lipinski definition) is 2. The molecule has 1 N–H and O–H groups in total. The van der Waals surface area contributed by atoms with Crippen LogP contribution in [0.2, 0.25) is 0 Å². The average Bonchev–Trinajstić information content (AvgIpc) is 2.55. The summed E-state index contributed by atoms with van der Waals surface area (Å²) in [7, 11) is 0. The molecule has 0 fully saturated rings. The first-order valence-electron chi connectivity index (χ1n) is 7.47. The summed E-state index contributed by atoms with van der Waals surface area (Å²) in [6.07, 6.45) is 1.84. The summed E-state index contributed by atoms with van der Waals surface area (Å²) in [4.78, 5) is 4.43. The molecule has 1 unspecified atom stereocenters. The Kier molecular flexibility index (Phi) is 3.98. The van der Waals surface area contributed by atoms with Gasteiger partial charge in [-0.1, -0.05) is 49.4 Å². The van der Waals surface area contributed by atoms with Crippen LogP contribution in [0.15, 0.2) is 60.8 Å². The molecular weight excluding hydrogens is 256 g/mol. The molecule has 21 heavy (non-hydrogen) atoms. The maximum absolute atomic E-state index is 4.43. The standard InChI is InChI=1S/C19H20N2/c1-3-20-14(2)15-9-11-16(12-10-15)17-6-4-8-19-18(17)7-5-13-21-19/h4-14,20H,3H2,1-2H3. The van der Waals surface area contributed by atoms with Gasteiger partial charge in [0.2, 0.25) is 0 Å². The maximum atomic E-state index is 4.43. The van der Waals surface area contributed by atoms with Crippen molar-refractivity contribution in [3.63, 3.8) is 0 Å². The molecule has 2 heteroatoms. The minimum atomic E-state index is 0.387. The van der Waals surface area contributed by atoms with Crippen molar-refractivity contribution in [2.24, 2.45) is 0 Å². The lowest BCUT2D eigenvalue weighted by Crippen LogP contribution is -2.17. The van der Waals surface area contributed by atoms with E-state index in [1.54, 1.807) is 0 Å². The van der Waals surface area contributed by atoms with Gasteiger partial charge in [0, 0.05) is 17.6 Å². The third kappa shape index (κ3) is 2.81. The van der Waals surface area contributed by atoms with Crippen LogP contribution >= 0.6 is 0 Å². The van der Waals surface area contributed by atoms with Gasteiger partial charge in [-0.2, -0.15) is 0 Å². The second-order valence-electron chi connectivity index (χ2n) is 5.28. The number of pyridine rings is 1. The van der Waals surface area contributed by atoms with Gasteiger partial charge in [0.05, 0.1) is 5.52 Å². The molecule has 0 radical (unpaired) electrons. The van der Waals surface area contributed by atoms with Crippen molar-refractivity contribution in [3.8, 4) is 11.1 Å². The van der Waals surface area contributed by atoms with Crippen LogP contribution in [-0.2, 0) is 0 Å². The predicted molar refractivity (Wildman–Crippen MR) is 89.3 cm³/mol. The fourth-order valence-electron chi connectivity index (χ4n) is 2.73. The molecule has 0 aliphatic rings. The Hall–Kier alpha value is -2.19. The Morgan fingerprint density at radius 3 is 2.57 bits per heavy atom. The lowest BCUT2D eigenvalue weighted by Gasteiger charge is -2.13. The molecule has 3 rings (SSSR count). The van der Waals surface area contributed by atoms with Crippen LogP contribution in [-0.4, -0.2) is 11.5 Å². The van der Waals surface area contributed by atoms with E-state index in [1.165, 1.54) is 22.1 Å². The molecule has 1 aromatic heterocycles. The van der Waals surface area contributed by atoms with E-state index in [1.807, 2.05) is 12.3 Å². The fraction of sp³-hybridized carbons (Fsp3) is 0.211. The Morgan fingerprint density at radius 2 is 1.81 bits per heavy atom. The van der Waals surface area contributed by atoms with Gasteiger partial charge in [0.15, 0.2) is 0 Å². The molecule has 3 aromatic rings. The molecule has 0 spiro atoms. The highest BCUT2D eigenvalue weighted by Crippen LogP contribution is 2.28. The van der Waals surface area contributed by atoms with Crippen molar-refractivity contribution in [1.29, 1.82) is 0 Å². The van der Waals surface area contributed by atoms with Crippen LogP contribution in [0, 0.1) is 0 Å². The molecule has 2 aromatic carbocycles. The van der Waals surface area contributed by atoms with Crippen LogP contribution in [0.3, 0.4) is 0 Å². The van der Waals surface area contributed by atoms with Gasteiger partial charge in [-0.25, -0.2) is 0 Å². The zero-order chi connectivity index (χ0) is 14.7. The molecule has 0 aliphatic heterocycles. The molecule has 1 atom stereocenters. The van der Waals surface area contributed by atoms with E-state index < -0.39 is 0 Å². The highest BCUT2D eigenvalue weighted by molar-refractivity contribution is 5.94. The molecule has 106 valence electrons. The average molecular weight is 276 g/mol. The maximum Gasteiger partial charge on any atom is 0.0708 e. The van der Waals surface area contributed by atoms with E-state index in [0.29, 0.717) is 6.04 Å². The molecule has 1 heterocycles.